The Morgan fingerprint density at radius 3 is 2.92 bits per heavy atom. The van der Waals surface area contributed by atoms with Gasteiger partial charge in [0.2, 0.25) is 0 Å². The summed E-state index contributed by atoms with van der Waals surface area (Å²) in [5, 5.41) is 7.60. The molecule has 1 aromatic carbocycles. The molecular formula is C19H19N3O2. The minimum absolute atomic E-state index is 0.0382. The Kier molecular flexibility index (Phi) is 3.91. The van der Waals surface area contributed by atoms with E-state index in [-0.39, 0.29) is 5.91 Å². The fourth-order valence-corrected chi connectivity index (χ4v) is 3.29. The normalized spacial score (nSPS) is 17.8. The molecule has 0 radical (unpaired) electrons. The van der Waals surface area contributed by atoms with E-state index >= 15 is 0 Å². The van der Waals surface area contributed by atoms with E-state index in [2.05, 4.69) is 28.4 Å². The number of nitrogens with one attached hydrogen (secondary N) is 1. The Labute approximate surface area is 140 Å². The van der Waals surface area contributed by atoms with Crippen LogP contribution >= 0.6 is 0 Å². The average molecular weight is 321 g/mol. The SMILES string of the molecule is O=C(c1ccoc1)N1CCC[C@@H](c2cc(-c3ccccc3)n[nH]2)C1. The number of piperidine rings is 1. The lowest BCUT2D eigenvalue weighted by Gasteiger charge is -2.32. The van der Waals surface area contributed by atoms with Crippen LogP contribution in [-0.2, 0) is 0 Å². The third-order valence-electron chi connectivity index (χ3n) is 4.58. The van der Waals surface area contributed by atoms with E-state index in [1.165, 1.54) is 12.5 Å². The average Bonchev–Trinajstić information content (AvgIpc) is 3.34. The number of H-pyrrole nitrogens is 1. The smallest absolute Gasteiger partial charge is 0.257 e. The lowest BCUT2D eigenvalue weighted by atomic mass is 9.94. The van der Waals surface area contributed by atoms with Gasteiger partial charge in [-0.2, -0.15) is 5.10 Å². The number of nitrogens with zero attached hydrogens (tertiary/aromatic N) is 2. The van der Waals surface area contributed by atoms with Crippen molar-refractivity contribution in [1.29, 1.82) is 0 Å². The standard InChI is InChI=1S/C19H19N3O2/c23-19(16-8-10-24-13-16)22-9-4-7-15(12-22)18-11-17(20-21-18)14-5-2-1-3-6-14/h1-3,5-6,8,10-11,13,15H,4,7,9,12H2,(H,20,21)/t15-/m1/s1. The number of aromatic amines is 1. The van der Waals surface area contributed by atoms with Gasteiger partial charge >= 0.3 is 0 Å². The first-order valence-corrected chi connectivity index (χ1v) is 8.23. The second-order valence-corrected chi connectivity index (χ2v) is 6.18. The fraction of sp³-hybridized carbons (Fsp3) is 0.263. The predicted molar refractivity (Wildman–Crippen MR) is 90.6 cm³/mol. The number of carbonyl (C=O) groups excluding carboxylic acids is 1. The molecule has 0 saturated carbocycles. The van der Waals surface area contributed by atoms with Crippen molar-refractivity contribution in [2.75, 3.05) is 13.1 Å². The van der Waals surface area contributed by atoms with Crippen molar-refractivity contribution in [3.8, 4) is 11.3 Å². The van der Waals surface area contributed by atoms with Gasteiger partial charge in [-0.3, -0.25) is 9.89 Å². The molecule has 0 unspecified atom stereocenters. The Hall–Kier alpha value is -2.82. The monoisotopic (exact) mass is 321 g/mol. The summed E-state index contributed by atoms with van der Waals surface area (Å²) in [6.45, 7) is 1.50. The summed E-state index contributed by atoms with van der Waals surface area (Å²) < 4.78 is 5.03. The summed E-state index contributed by atoms with van der Waals surface area (Å²) in [6.07, 6.45) is 5.10. The molecule has 1 atom stereocenters. The van der Waals surface area contributed by atoms with Crippen LogP contribution in [0.3, 0.4) is 0 Å². The van der Waals surface area contributed by atoms with E-state index < -0.39 is 0 Å². The van der Waals surface area contributed by atoms with Crippen molar-refractivity contribution in [2.45, 2.75) is 18.8 Å². The molecule has 1 aliphatic rings. The zero-order valence-corrected chi connectivity index (χ0v) is 13.3. The van der Waals surface area contributed by atoms with Crippen molar-refractivity contribution >= 4 is 5.91 Å². The van der Waals surface area contributed by atoms with Crippen molar-refractivity contribution in [3.63, 3.8) is 0 Å². The van der Waals surface area contributed by atoms with Gasteiger partial charge in [0.25, 0.3) is 5.91 Å². The highest BCUT2D eigenvalue weighted by atomic mass is 16.3. The zero-order valence-electron chi connectivity index (χ0n) is 13.3. The van der Waals surface area contributed by atoms with Crippen LogP contribution in [-0.4, -0.2) is 34.1 Å². The van der Waals surface area contributed by atoms with Crippen LogP contribution in [0.1, 0.15) is 34.8 Å². The number of carbonyl (C=O) groups is 1. The van der Waals surface area contributed by atoms with Gasteiger partial charge in [0.15, 0.2) is 0 Å². The molecule has 5 heteroatoms. The van der Waals surface area contributed by atoms with Gasteiger partial charge in [0.05, 0.1) is 17.5 Å². The molecule has 1 N–H and O–H groups in total. The Balaban J connectivity index is 1.50. The third kappa shape index (κ3) is 2.85. The summed E-state index contributed by atoms with van der Waals surface area (Å²) in [7, 11) is 0. The third-order valence-corrected chi connectivity index (χ3v) is 4.58. The Morgan fingerprint density at radius 2 is 2.12 bits per heavy atom. The van der Waals surface area contributed by atoms with Gasteiger partial charge in [-0.1, -0.05) is 30.3 Å². The van der Waals surface area contributed by atoms with Crippen molar-refractivity contribution in [1.82, 2.24) is 15.1 Å². The van der Waals surface area contributed by atoms with Crippen LogP contribution in [0.2, 0.25) is 0 Å². The Bertz CT molecular complexity index is 808. The molecule has 5 nitrogen and oxygen atoms in total. The first kappa shape index (κ1) is 14.8. The molecule has 0 spiro atoms. The summed E-state index contributed by atoms with van der Waals surface area (Å²) in [6, 6.07) is 13.9. The first-order chi connectivity index (χ1) is 11.8. The molecular weight excluding hydrogens is 302 g/mol. The highest BCUT2D eigenvalue weighted by Crippen LogP contribution is 2.29. The quantitative estimate of drug-likeness (QED) is 0.800. The van der Waals surface area contributed by atoms with Crippen molar-refractivity contribution in [3.05, 3.63) is 66.2 Å². The number of furan rings is 1. The molecule has 4 rings (SSSR count). The summed E-state index contributed by atoms with van der Waals surface area (Å²) >= 11 is 0. The summed E-state index contributed by atoms with van der Waals surface area (Å²) in [5.74, 6) is 0.329. The molecule has 1 saturated heterocycles. The van der Waals surface area contributed by atoms with E-state index in [1.54, 1.807) is 6.07 Å². The van der Waals surface area contributed by atoms with Gasteiger partial charge in [0.1, 0.15) is 6.26 Å². The van der Waals surface area contributed by atoms with E-state index in [0.29, 0.717) is 18.0 Å². The van der Waals surface area contributed by atoms with Gasteiger partial charge in [-0.05, 0) is 25.0 Å². The van der Waals surface area contributed by atoms with E-state index in [4.69, 9.17) is 4.42 Å². The molecule has 3 heterocycles. The number of amides is 1. The molecule has 1 fully saturated rings. The summed E-state index contributed by atoms with van der Waals surface area (Å²) in [4.78, 5) is 14.4. The van der Waals surface area contributed by atoms with Crippen molar-refractivity contribution in [2.24, 2.45) is 0 Å². The second-order valence-electron chi connectivity index (χ2n) is 6.18. The minimum Gasteiger partial charge on any atom is -0.472 e. The second kappa shape index (κ2) is 6.35. The lowest BCUT2D eigenvalue weighted by Crippen LogP contribution is -2.39. The molecule has 24 heavy (non-hydrogen) atoms. The lowest BCUT2D eigenvalue weighted by molar-refractivity contribution is 0.0705. The number of hydrogen-bond acceptors (Lipinski definition) is 3. The van der Waals surface area contributed by atoms with Crippen LogP contribution in [0.25, 0.3) is 11.3 Å². The molecule has 3 aromatic rings. The largest absolute Gasteiger partial charge is 0.472 e. The maximum absolute atomic E-state index is 12.5. The van der Waals surface area contributed by atoms with Crippen molar-refractivity contribution < 1.29 is 9.21 Å². The highest BCUT2D eigenvalue weighted by Gasteiger charge is 2.27. The molecule has 0 bridgehead atoms. The maximum Gasteiger partial charge on any atom is 0.257 e. The maximum atomic E-state index is 12.5. The molecule has 1 amide bonds. The van der Waals surface area contributed by atoms with Crippen LogP contribution in [0.5, 0.6) is 0 Å². The molecule has 2 aromatic heterocycles. The zero-order chi connectivity index (χ0) is 16.4. The molecule has 1 aliphatic heterocycles. The topological polar surface area (TPSA) is 62.1 Å². The van der Waals surface area contributed by atoms with Gasteiger partial charge in [-0.15, -0.1) is 0 Å². The van der Waals surface area contributed by atoms with Crippen LogP contribution in [0, 0.1) is 0 Å². The number of likely N-dealkylation sites (tertiary alicyclic amines) is 1. The predicted octanol–water partition coefficient (Wildman–Crippen LogP) is 3.69. The summed E-state index contributed by atoms with van der Waals surface area (Å²) in [5.41, 5.74) is 3.76. The van der Waals surface area contributed by atoms with Gasteiger partial charge in [0, 0.05) is 30.3 Å². The molecule has 122 valence electrons. The number of benzene rings is 1. The number of rotatable bonds is 3. The first-order valence-electron chi connectivity index (χ1n) is 8.23. The van der Waals surface area contributed by atoms with E-state index in [9.17, 15) is 4.79 Å². The minimum atomic E-state index is 0.0382. The van der Waals surface area contributed by atoms with Gasteiger partial charge < -0.3 is 9.32 Å². The van der Waals surface area contributed by atoms with Crippen LogP contribution in [0.4, 0.5) is 0 Å². The van der Waals surface area contributed by atoms with Crippen LogP contribution < -0.4 is 0 Å². The van der Waals surface area contributed by atoms with Crippen LogP contribution in [0.15, 0.2) is 59.4 Å². The fourth-order valence-electron chi connectivity index (χ4n) is 3.29. The number of hydrogen-bond donors (Lipinski definition) is 1. The number of aromatic nitrogens is 2. The Morgan fingerprint density at radius 1 is 1.25 bits per heavy atom. The molecule has 0 aliphatic carbocycles. The van der Waals surface area contributed by atoms with E-state index in [1.807, 2.05) is 23.1 Å². The highest BCUT2D eigenvalue weighted by molar-refractivity contribution is 5.93. The van der Waals surface area contributed by atoms with Gasteiger partial charge in [-0.25, -0.2) is 0 Å². The van der Waals surface area contributed by atoms with E-state index in [0.717, 1.165) is 36.3 Å².